The molecule has 0 radical (unpaired) electrons. The predicted molar refractivity (Wildman–Crippen MR) is 436 cm³/mol. The highest BCUT2D eigenvalue weighted by Gasteiger charge is 2.30. The first-order valence-electron chi connectivity index (χ1n) is 40.0. The number of carbonyl (C=O) groups excluding carboxylic acids is 4. The smallest absolute Gasteiger partial charge is 0.462 e. The zero-order valence-corrected chi connectivity index (χ0v) is 67.3. The van der Waals surface area contributed by atoms with Crippen LogP contribution in [0, 0.1) is 0 Å². The van der Waals surface area contributed by atoms with Crippen molar-refractivity contribution in [3.63, 3.8) is 0 Å². The molecule has 0 aliphatic heterocycles. The Morgan fingerprint density at radius 3 is 0.868 bits per heavy atom. The first-order valence-corrected chi connectivity index (χ1v) is 43.0. The van der Waals surface area contributed by atoms with E-state index in [9.17, 15) is 43.2 Å². The van der Waals surface area contributed by atoms with E-state index in [1.165, 1.54) is 19.3 Å². The summed E-state index contributed by atoms with van der Waals surface area (Å²) in [6, 6.07) is 0. The highest BCUT2D eigenvalue weighted by molar-refractivity contribution is 7.47. The fourth-order valence-corrected chi connectivity index (χ4v) is 11.4. The zero-order valence-electron chi connectivity index (χ0n) is 65.5. The Labute approximate surface area is 641 Å². The summed E-state index contributed by atoms with van der Waals surface area (Å²) in [5.74, 6) is -2.37. The molecule has 106 heavy (non-hydrogen) atoms. The molecule has 5 atom stereocenters. The molecule has 3 N–H and O–H groups in total. The van der Waals surface area contributed by atoms with Crippen LogP contribution in [0.2, 0.25) is 0 Å². The highest BCUT2D eigenvalue weighted by Crippen LogP contribution is 2.45. The van der Waals surface area contributed by atoms with Crippen LogP contribution in [0.25, 0.3) is 0 Å². The van der Waals surface area contributed by atoms with Crippen molar-refractivity contribution >= 4 is 39.5 Å². The number of phosphoric ester groups is 2. The van der Waals surface area contributed by atoms with Crippen molar-refractivity contribution in [1.29, 1.82) is 0 Å². The van der Waals surface area contributed by atoms with Crippen molar-refractivity contribution in [3.05, 3.63) is 182 Å². The molecule has 600 valence electrons. The van der Waals surface area contributed by atoms with Gasteiger partial charge >= 0.3 is 39.5 Å². The maximum Gasteiger partial charge on any atom is 0.472 e. The molecular formula is C87H140O17P2. The van der Waals surface area contributed by atoms with Gasteiger partial charge in [0.25, 0.3) is 0 Å². The monoisotopic (exact) mass is 1520 g/mol. The molecule has 0 aromatic heterocycles. The zero-order chi connectivity index (χ0) is 77.4. The lowest BCUT2D eigenvalue weighted by Gasteiger charge is -2.21. The van der Waals surface area contributed by atoms with Crippen LogP contribution >= 0.6 is 15.6 Å². The van der Waals surface area contributed by atoms with Crippen molar-refractivity contribution in [2.24, 2.45) is 0 Å². The van der Waals surface area contributed by atoms with E-state index in [2.05, 4.69) is 186 Å². The van der Waals surface area contributed by atoms with Gasteiger partial charge in [0, 0.05) is 25.7 Å². The molecule has 0 heterocycles. The first-order chi connectivity index (χ1) is 51.7. The molecule has 0 saturated carbocycles. The number of esters is 4. The van der Waals surface area contributed by atoms with Crippen LogP contribution in [0.1, 0.15) is 285 Å². The molecule has 0 fully saturated rings. The van der Waals surface area contributed by atoms with Gasteiger partial charge in [0.05, 0.1) is 26.4 Å². The van der Waals surface area contributed by atoms with Crippen molar-refractivity contribution in [3.8, 4) is 0 Å². The van der Waals surface area contributed by atoms with E-state index in [0.717, 1.165) is 173 Å². The number of hydrogen-bond donors (Lipinski definition) is 3. The number of rotatable bonds is 73. The predicted octanol–water partition coefficient (Wildman–Crippen LogP) is 23.6. The normalized spacial score (nSPS) is 14.8. The van der Waals surface area contributed by atoms with Gasteiger partial charge in [0.1, 0.15) is 19.3 Å². The average molecular weight is 1520 g/mol. The number of ether oxygens (including phenoxy) is 4. The highest BCUT2D eigenvalue weighted by atomic mass is 31.2. The van der Waals surface area contributed by atoms with Crippen molar-refractivity contribution < 1.29 is 80.2 Å². The van der Waals surface area contributed by atoms with Crippen molar-refractivity contribution in [2.75, 3.05) is 39.6 Å². The molecule has 0 saturated heterocycles. The summed E-state index contributed by atoms with van der Waals surface area (Å²) in [7, 11) is -10.0. The second-order valence-electron chi connectivity index (χ2n) is 25.9. The van der Waals surface area contributed by atoms with Gasteiger partial charge in [0.15, 0.2) is 12.2 Å². The largest absolute Gasteiger partial charge is 0.472 e. The quantitative estimate of drug-likeness (QED) is 0.0169. The Bertz CT molecular complexity index is 2730. The second kappa shape index (κ2) is 77.3. The maximum absolute atomic E-state index is 13.1. The fourth-order valence-electron chi connectivity index (χ4n) is 9.81. The van der Waals surface area contributed by atoms with Gasteiger partial charge in [-0.05, 0) is 167 Å². The third-order valence-corrected chi connectivity index (χ3v) is 17.7. The van der Waals surface area contributed by atoms with E-state index in [1.54, 1.807) is 0 Å². The lowest BCUT2D eigenvalue weighted by atomic mass is 10.1. The van der Waals surface area contributed by atoms with E-state index in [4.69, 9.17) is 37.0 Å². The third-order valence-electron chi connectivity index (χ3n) is 15.8. The molecule has 0 aliphatic carbocycles. The summed E-state index contributed by atoms with van der Waals surface area (Å²) in [5, 5.41) is 10.6. The Balaban J connectivity index is 5.48. The van der Waals surface area contributed by atoms with Gasteiger partial charge in [0.2, 0.25) is 0 Å². The summed E-state index contributed by atoms with van der Waals surface area (Å²) in [5.41, 5.74) is 0. The molecule has 17 nitrogen and oxygen atoms in total. The molecule has 0 rings (SSSR count). The Morgan fingerprint density at radius 1 is 0.274 bits per heavy atom. The van der Waals surface area contributed by atoms with E-state index in [-0.39, 0.29) is 25.7 Å². The van der Waals surface area contributed by atoms with E-state index >= 15 is 0 Å². The summed E-state index contributed by atoms with van der Waals surface area (Å²) in [6.45, 7) is 4.36. The van der Waals surface area contributed by atoms with Gasteiger partial charge in [-0.2, -0.15) is 0 Å². The van der Waals surface area contributed by atoms with Gasteiger partial charge in [-0.1, -0.05) is 274 Å². The number of phosphoric acid groups is 2. The number of aliphatic hydroxyl groups excluding tert-OH is 1. The van der Waals surface area contributed by atoms with E-state index in [0.29, 0.717) is 38.5 Å². The molecule has 0 aromatic carbocycles. The molecule has 0 spiro atoms. The standard InChI is InChI=1S/C87H140O17P2/c1-5-9-13-17-21-25-29-33-36-38-40-42-45-48-51-55-59-63-67-71-84(89)97-77-82(103-86(91)73-69-65-61-57-53-47-32-28-24-20-16-12-8-4)79-101-105(93,94)99-75-81(88)76-100-106(95,96)102-80-83(104-87(92)74-70-66-62-58-54-50-44-35-31-27-23-19-15-11-7-3)78-98-85(90)72-68-64-60-56-52-49-46-43-41-39-37-34-30-26-22-18-14-10-6-2/h10-11,14-16,20-23,25-28,32-37,40-44,49,52,54,58,60,64,81-83,88H,5-9,12-13,17-19,24,29-31,38-39,45-48,50-51,53,55-57,59,61-63,65-80H2,1-4H3,(H,93,94)(H,95,96)/b14-10-,15-11-,20-16-,25-21-,26-22-,27-23-,32-28-,36-33-,37-34-,42-40-,43-41-,44-35-,52-49-,58-54-,64-60-. The first kappa shape index (κ1) is 100. The minimum atomic E-state index is -5.02. The second-order valence-corrected chi connectivity index (χ2v) is 28.8. The van der Waals surface area contributed by atoms with Crippen molar-refractivity contribution in [1.82, 2.24) is 0 Å². The van der Waals surface area contributed by atoms with Crippen LogP contribution in [-0.4, -0.2) is 96.7 Å². The topological polar surface area (TPSA) is 237 Å². The maximum atomic E-state index is 13.1. The van der Waals surface area contributed by atoms with Crippen LogP contribution in [0.4, 0.5) is 0 Å². The Kier molecular flexibility index (Phi) is 73.1. The average Bonchev–Trinajstić information content (AvgIpc) is 0.933. The lowest BCUT2D eigenvalue weighted by Crippen LogP contribution is -2.30. The number of aliphatic hydroxyl groups is 1. The van der Waals surface area contributed by atoms with Gasteiger partial charge < -0.3 is 33.8 Å². The van der Waals surface area contributed by atoms with Crippen molar-refractivity contribution in [2.45, 2.75) is 303 Å². The summed E-state index contributed by atoms with van der Waals surface area (Å²) in [6.07, 6.45) is 93.2. The molecule has 0 aliphatic rings. The lowest BCUT2D eigenvalue weighted by molar-refractivity contribution is -0.161. The number of carbonyl (C=O) groups is 4. The van der Waals surface area contributed by atoms with Gasteiger partial charge in [-0.3, -0.25) is 37.3 Å². The number of unbranched alkanes of at least 4 members (excludes halogenated alkanes) is 17. The number of allylic oxidation sites excluding steroid dienone is 30. The molecule has 0 amide bonds. The Morgan fingerprint density at radius 2 is 0.528 bits per heavy atom. The molecule has 5 unspecified atom stereocenters. The summed E-state index contributed by atoms with van der Waals surface area (Å²) < 4.78 is 68.5. The van der Waals surface area contributed by atoms with Crippen LogP contribution < -0.4 is 0 Å². The molecule has 0 aromatic rings. The number of hydrogen-bond acceptors (Lipinski definition) is 15. The van der Waals surface area contributed by atoms with Crippen LogP contribution in [-0.2, 0) is 65.4 Å². The minimum Gasteiger partial charge on any atom is -0.462 e. The van der Waals surface area contributed by atoms with Crippen LogP contribution in [0.5, 0.6) is 0 Å². The summed E-state index contributed by atoms with van der Waals surface area (Å²) >= 11 is 0. The Hall–Kier alpha value is -5.84. The third kappa shape index (κ3) is 76.4. The molecule has 0 bridgehead atoms. The fraction of sp³-hybridized carbons (Fsp3) is 0.609. The van der Waals surface area contributed by atoms with E-state index < -0.39 is 97.5 Å². The molecular weight excluding hydrogens is 1380 g/mol. The van der Waals surface area contributed by atoms with Crippen LogP contribution in [0.15, 0.2) is 182 Å². The SMILES string of the molecule is CC/C=C\C/C=C\C/C=C\C/C=C\C/C=C\C/C=C\CCC(=O)OCC(COP(=O)(O)OCC(O)COP(=O)(O)OCC(COC(=O)CCCCCCCC/C=C\C/C=C\C/C=C\CCCCC)OC(=O)CCCCCCC/C=C\C/C=C\CCC)OC(=O)CCCC/C=C\C/C=C\C/C=C\C/C=C\CC. The molecule has 19 heteroatoms. The van der Waals surface area contributed by atoms with Crippen LogP contribution in [0.3, 0.4) is 0 Å². The summed E-state index contributed by atoms with van der Waals surface area (Å²) in [4.78, 5) is 73.0. The van der Waals surface area contributed by atoms with E-state index in [1.807, 2.05) is 24.3 Å². The minimum absolute atomic E-state index is 0.0192. The van der Waals surface area contributed by atoms with Gasteiger partial charge in [-0.25, -0.2) is 9.13 Å². The van der Waals surface area contributed by atoms with Gasteiger partial charge in [-0.15, -0.1) is 0 Å².